The molecule has 1 amide bonds. The van der Waals surface area contributed by atoms with E-state index >= 15 is 0 Å². The van der Waals surface area contributed by atoms with E-state index in [0.717, 1.165) is 26.2 Å². The summed E-state index contributed by atoms with van der Waals surface area (Å²) in [4.78, 5) is 33.3. The zero-order chi connectivity index (χ0) is 27.4. The number of piperazine rings is 1. The summed E-state index contributed by atoms with van der Waals surface area (Å²) in [7, 11) is 2.86. The highest BCUT2D eigenvalue weighted by molar-refractivity contribution is 6.30. The summed E-state index contributed by atoms with van der Waals surface area (Å²) < 4.78 is 10.4. The zero-order valence-corrected chi connectivity index (χ0v) is 22.7. The van der Waals surface area contributed by atoms with Crippen molar-refractivity contribution >= 4 is 40.1 Å². The summed E-state index contributed by atoms with van der Waals surface area (Å²) in [6.07, 6.45) is 0. The van der Waals surface area contributed by atoms with Crippen LogP contribution in [0.3, 0.4) is 0 Å². The van der Waals surface area contributed by atoms with E-state index in [1.54, 1.807) is 13.2 Å². The molecule has 39 heavy (non-hydrogen) atoms. The Morgan fingerprint density at radius 1 is 0.923 bits per heavy atom. The highest BCUT2D eigenvalue weighted by Crippen LogP contribution is 2.36. The van der Waals surface area contributed by atoms with E-state index < -0.39 is 5.97 Å². The second-order valence-electron chi connectivity index (χ2n) is 9.47. The minimum Gasteiger partial charge on any atom is -0.496 e. The summed E-state index contributed by atoms with van der Waals surface area (Å²) in [5.74, 6) is -0.221. The van der Waals surface area contributed by atoms with Gasteiger partial charge in [0.15, 0.2) is 0 Å². The number of hydrogen-bond acceptors (Lipinski definition) is 6. The Balaban J connectivity index is 1.29. The topological polar surface area (TPSA) is 86.9 Å². The normalized spacial score (nSPS) is 15.2. The quantitative estimate of drug-likeness (QED) is 0.304. The fourth-order valence-electron chi connectivity index (χ4n) is 5.22. The van der Waals surface area contributed by atoms with Gasteiger partial charge >= 0.3 is 5.97 Å². The molecule has 0 unspecified atom stereocenters. The Hall–Kier alpha value is -3.85. The molecule has 0 aliphatic carbocycles. The molecule has 2 N–H and O–H groups in total. The molecule has 1 aliphatic heterocycles. The lowest BCUT2D eigenvalue weighted by molar-refractivity contribution is -0.117. The number of ether oxygens (including phenoxy) is 2. The maximum Gasteiger partial charge on any atom is 0.356 e. The van der Waals surface area contributed by atoms with Crippen molar-refractivity contribution in [2.75, 3.05) is 52.3 Å². The monoisotopic (exact) mass is 546 g/mol. The zero-order valence-electron chi connectivity index (χ0n) is 21.9. The standard InChI is InChI=1S/C30H31ClN4O4/c1-38-24-10-6-9-23-26(24)27(28(32-23)30(37)39-2)33-25(36)19-34-15-17-35(18-16-34)29(20-7-4-3-5-8-20)21-11-13-22(31)14-12-21/h3-14,29,32H,15-19H2,1-2H3,(H,33,36)/t29-/m1/s1. The molecule has 1 aliphatic rings. The summed E-state index contributed by atoms with van der Waals surface area (Å²) in [6, 6.07) is 24.0. The Morgan fingerprint density at radius 2 is 1.62 bits per heavy atom. The molecular weight excluding hydrogens is 516 g/mol. The Labute approximate surface area is 232 Å². The summed E-state index contributed by atoms with van der Waals surface area (Å²) in [6.45, 7) is 3.25. The number of methoxy groups -OCH3 is 2. The van der Waals surface area contributed by atoms with Gasteiger partial charge in [-0.05, 0) is 35.4 Å². The third-order valence-corrected chi connectivity index (χ3v) is 7.35. The Morgan fingerprint density at radius 3 is 2.28 bits per heavy atom. The van der Waals surface area contributed by atoms with Gasteiger partial charge in [-0.2, -0.15) is 0 Å². The number of nitrogens with zero attached hydrogens (tertiary/aromatic N) is 2. The number of halogens is 1. The molecule has 0 radical (unpaired) electrons. The fraction of sp³-hybridized carbons (Fsp3) is 0.267. The van der Waals surface area contributed by atoms with Gasteiger partial charge in [-0.1, -0.05) is 60.1 Å². The molecule has 8 nitrogen and oxygen atoms in total. The van der Waals surface area contributed by atoms with Crippen LogP contribution < -0.4 is 10.1 Å². The van der Waals surface area contributed by atoms with Gasteiger partial charge in [0.2, 0.25) is 5.91 Å². The highest BCUT2D eigenvalue weighted by Gasteiger charge is 2.28. The number of amides is 1. The van der Waals surface area contributed by atoms with Crippen LogP contribution in [0.15, 0.2) is 72.8 Å². The van der Waals surface area contributed by atoms with Crippen molar-refractivity contribution in [3.63, 3.8) is 0 Å². The number of H-pyrrole nitrogens is 1. The average molecular weight is 547 g/mol. The molecule has 2 heterocycles. The molecule has 3 aromatic carbocycles. The lowest BCUT2D eigenvalue weighted by atomic mass is 9.96. The molecular formula is C30H31ClN4O4. The van der Waals surface area contributed by atoms with Crippen LogP contribution in [0.5, 0.6) is 5.75 Å². The van der Waals surface area contributed by atoms with Gasteiger partial charge in [-0.25, -0.2) is 4.79 Å². The van der Waals surface area contributed by atoms with Crippen molar-refractivity contribution in [3.05, 3.63) is 94.6 Å². The van der Waals surface area contributed by atoms with E-state index in [0.29, 0.717) is 27.4 Å². The van der Waals surface area contributed by atoms with Crippen LogP contribution in [0, 0.1) is 0 Å². The number of aromatic amines is 1. The van der Waals surface area contributed by atoms with E-state index in [2.05, 4.69) is 56.5 Å². The first-order chi connectivity index (χ1) is 19.0. The van der Waals surface area contributed by atoms with Gasteiger partial charge in [-0.3, -0.25) is 14.6 Å². The van der Waals surface area contributed by atoms with Crippen molar-refractivity contribution < 1.29 is 19.1 Å². The molecule has 1 aromatic heterocycles. The fourth-order valence-corrected chi connectivity index (χ4v) is 5.35. The van der Waals surface area contributed by atoms with Gasteiger partial charge in [0.05, 0.1) is 43.4 Å². The number of hydrogen-bond donors (Lipinski definition) is 2. The summed E-state index contributed by atoms with van der Waals surface area (Å²) >= 11 is 6.16. The third-order valence-electron chi connectivity index (χ3n) is 7.10. The Bertz CT molecular complexity index is 1450. The first kappa shape index (κ1) is 26.7. The van der Waals surface area contributed by atoms with E-state index in [-0.39, 0.29) is 24.2 Å². The number of carbonyl (C=O) groups is 2. The molecule has 1 fully saturated rings. The predicted molar refractivity (Wildman–Crippen MR) is 153 cm³/mol. The molecule has 4 aromatic rings. The largest absolute Gasteiger partial charge is 0.496 e. The SMILES string of the molecule is COC(=O)c1[nH]c2cccc(OC)c2c1NC(=O)CN1CCN([C@H](c2ccccc2)c2ccc(Cl)cc2)CC1. The van der Waals surface area contributed by atoms with E-state index in [9.17, 15) is 9.59 Å². The van der Waals surface area contributed by atoms with Crippen LogP contribution in [-0.4, -0.2) is 73.6 Å². The number of carbonyl (C=O) groups excluding carboxylic acids is 2. The number of benzene rings is 3. The minimum atomic E-state index is -0.564. The van der Waals surface area contributed by atoms with Gasteiger partial charge in [-0.15, -0.1) is 0 Å². The smallest absolute Gasteiger partial charge is 0.356 e. The summed E-state index contributed by atoms with van der Waals surface area (Å²) in [5.41, 5.74) is 3.62. The maximum absolute atomic E-state index is 13.2. The lowest BCUT2D eigenvalue weighted by Crippen LogP contribution is -2.49. The summed E-state index contributed by atoms with van der Waals surface area (Å²) in [5, 5.41) is 4.29. The van der Waals surface area contributed by atoms with Crippen molar-refractivity contribution in [1.82, 2.24) is 14.8 Å². The van der Waals surface area contributed by atoms with Crippen molar-refractivity contribution in [2.45, 2.75) is 6.04 Å². The average Bonchev–Trinajstić information content (AvgIpc) is 3.33. The predicted octanol–water partition coefficient (Wildman–Crippen LogP) is 4.96. The third kappa shape index (κ3) is 5.78. The van der Waals surface area contributed by atoms with Crippen LogP contribution in [0.2, 0.25) is 5.02 Å². The Kier molecular flexibility index (Phi) is 8.16. The number of rotatable bonds is 8. The number of fused-ring (bicyclic) bond motifs is 1. The van der Waals surface area contributed by atoms with Crippen LogP contribution >= 0.6 is 11.6 Å². The first-order valence-corrected chi connectivity index (χ1v) is 13.2. The molecule has 1 atom stereocenters. The van der Waals surface area contributed by atoms with E-state index in [1.165, 1.54) is 18.2 Å². The lowest BCUT2D eigenvalue weighted by Gasteiger charge is -2.39. The molecule has 0 spiro atoms. The van der Waals surface area contributed by atoms with Gasteiger partial charge in [0.1, 0.15) is 11.4 Å². The van der Waals surface area contributed by atoms with E-state index in [4.69, 9.17) is 21.1 Å². The molecule has 5 rings (SSSR count). The maximum atomic E-state index is 13.2. The number of esters is 1. The van der Waals surface area contributed by atoms with Crippen molar-refractivity contribution in [1.29, 1.82) is 0 Å². The molecule has 202 valence electrons. The van der Waals surface area contributed by atoms with Gasteiger partial charge in [0.25, 0.3) is 0 Å². The molecule has 9 heteroatoms. The molecule has 0 bridgehead atoms. The van der Waals surface area contributed by atoms with Gasteiger partial charge < -0.3 is 19.8 Å². The molecule has 0 saturated carbocycles. The molecule has 1 saturated heterocycles. The number of nitrogens with one attached hydrogen (secondary N) is 2. The van der Waals surface area contributed by atoms with Crippen LogP contribution in [0.25, 0.3) is 10.9 Å². The van der Waals surface area contributed by atoms with Gasteiger partial charge in [0, 0.05) is 31.2 Å². The number of anilines is 1. The number of aromatic nitrogens is 1. The minimum absolute atomic E-state index is 0.0979. The first-order valence-electron chi connectivity index (χ1n) is 12.8. The van der Waals surface area contributed by atoms with Crippen LogP contribution in [-0.2, 0) is 9.53 Å². The highest BCUT2D eigenvalue weighted by atomic mass is 35.5. The van der Waals surface area contributed by atoms with Crippen molar-refractivity contribution in [3.8, 4) is 5.75 Å². The van der Waals surface area contributed by atoms with Crippen molar-refractivity contribution in [2.24, 2.45) is 0 Å². The van der Waals surface area contributed by atoms with E-state index in [1.807, 2.05) is 30.3 Å². The van der Waals surface area contributed by atoms with Crippen LogP contribution in [0.4, 0.5) is 5.69 Å². The van der Waals surface area contributed by atoms with Crippen LogP contribution in [0.1, 0.15) is 27.7 Å². The second-order valence-corrected chi connectivity index (χ2v) is 9.91. The second kappa shape index (κ2) is 11.9.